The summed E-state index contributed by atoms with van der Waals surface area (Å²) in [5.74, 6) is 2.77. The third kappa shape index (κ3) is 1.87. The molecule has 1 rings (SSSR count). The molecule has 0 saturated heterocycles. The lowest BCUT2D eigenvalue weighted by molar-refractivity contribution is 0.109. The van der Waals surface area contributed by atoms with Crippen molar-refractivity contribution in [3.8, 4) is 18.3 Å². The van der Waals surface area contributed by atoms with Gasteiger partial charge in [0, 0.05) is 6.07 Å². The maximum Gasteiger partial charge on any atom is 0.285 e. The first-order valence-electron chi connectivity index (χ1n) is 2.98. The molecule has 0 aliphatic carbocycles. The third-order valence-corrected chi connectivity index (χ3v) is 1.02. The second kappa shape index (κ2) is 3.47. The Hall–Kier alpha value is -1.69. The number of hydrogen-bond acceptors (Lipinski definition) is 3. The summed E-state index contributed by atoms with van der Waals surface area (Å²) >= 11 is 0. The minimum Gasteiger partial charge on any atom is -0.452 e. The van der Waals surface area contributed by atoms with E-state index in [4.69, 9.17) is 15.6 Å². The van der Waals surface area contributed by atoms with Crippen LogP contribution < -0.4 is 4.74 Å². The van der Waals surface area contributed by atoms with E-state index in [2.05, 4.69) is 5.92 Å². The second-order valence-corrected chi connectivity index (χ2v) is 1.77. The zero-order chi connectivity index (χ0) is 8.10. The fourth-order valence-electron chi connectivity index (χ4n) is 0.588. The van der Waals surface area contributed by atoms with E-state index in [-0.39, 0.29) is 18.3 Å². The fourth-order valence-corrected chi connectivity index (χ4v) is 0.588. The van der Waals surface area contributed by atoms with Gasteiger partial charge in [0.05, 0.1) is 0 Å². The summed E-state index contributed by atoms with van der Waals surface area (Å²) in [5, 5.41) is 0. The molecule has 0 aliphatic rings. The zero-order valence-electron chi connectivity index (χ0n) is 5.74. The Morgan fingerprint density at radius 1 is 1.73 bits per heavy atom. The van der Waals surface area contributed by atoms with Gasteiger partial charge in [-0.05, 0) is 6.07 Å². The lowest BCUT2D eigenvalue weighted by Gasteiger charge is -1.93. The van der Waals surface area contributed by atoms with E-state index in [9.17, 15) is 4.79 Å². The molecule has 0 unspecified atom stereocenters. The number of furan rings is 1. The number of rotatable bonds is 3. The summed E-state index contributed by atoms with van der Waals surface area (Å²) < 4.78 is 9.72. The summed E-state index contributed by atoms with van der Waals surface area (Å²) in [5.41, 5.74) is 0. The average molecular weight is 150 g/mol. The predicted octanol–water partition coefficient (Wildman–Crippen LogP) is 1.10. The van der Waals surface area contributed by atoms with Gasteiger partial charge >= 0.3 is 0 Å². The molecule has 0 N–H and O–H groups in total. The number of hydrogen-bond donors (Lipinski definition) is 0. The van der Waals surface area contributed by atoms with Crippen LogP contribution in [0.3, 0.4) is 0 Å². The normalized spacial score (nSPS) is 8.64. The van der Waals surface area contributed by atoms with Crippen molar-refractivity contribution < 1.29 is 13.9 Å². The Balaban J connectivity index is 2.59. The Labute approximate surface area is 64.0 Å². The van der Waals surface area contributed by atoms with Crippen molar-refractivity contribution in [1.82, 2.24) is 0 Å². The first-order valence-corrected chi connectivity index (χ1v) is 2.98. The van der Waals surface area contributed by atoms with Crippen LogP contribution in [-0.2, 0) is 0 Å². The molecule has 56 valence electrons. The monoisotopic (exact) mass is 150 g/mol. The summed E-state index contributed by atoms with van der Waals surface area (Å²) in [4.78, 5) is 10.1. The Morgan fingerprint density at radius 3 is 3.09 bits per heavy atom. The molecule has 0 saturated carbocycles. The van der Waals surface area contributed by atoms with Crippen molar-refractivity contribution in [2.24, 2.45) is 0 Å². The quantitative estimate of drug-likeness (QED) is 0.478. The molecule has 1 heterocycles. The highest BCUT2D eigenvalue weighted by Crippen LogP contribution is 2.13. The van der Waals surface area contributed by atoms with E-state index in [0.29, 0.717) is 6.29 Å². The van der Waals surface area contributed by atoms with Gasteiger partial charge < -0.3 is 9.15 Å². The number of ether oxygens (including phenoxy) is 1. The van der Waals surface area contributed by atoms with Crippen molar-refractivity contribution in [3.05, 3.63) is 17.9 Å². The number of aldehydes is 1. The van der Waals surface area contributed by atoms with Crippen LogP contribution in [0.25, 0.3) is 0 Å². The SMILES string of the molecule is C#CCOc1ccc(C=O)o1. The molecule has 1 aromatic heterocycles. The molecule has 0 atom stereocenters. The molecule has 0 bridgehead atoms. The van der Waals surface area contributed by atoms with Crippen LogP contribution in [-0.4, -0.2) is 12.9 Å². The number of terminal acetylenes is 1. The van der Waals surface area contributed by atoms with Gasteiger partial charge in [-0.3, -0.25) is 4.79 Å². The third-order valence-electron chi connectivity index (χ3n) is 1.02. The molecule has 0 aromatic carbocycles. The zero-order valence-corrected chi connectivity index (χ0v) is 5.74. The Kier molecular flexibility index (Phi) is 2.34. The maximum atomic E-state index is 10.1. The average Bonchev–Trinajstić information content (AvgIpc) is 2.48. The molecule has 0 fully saturated rings. The molecule has 3 nitrogen and oxygen atoms in total. The van der Waals surface area contributed by atoms with E-state index in [1.165, 1.54) is 6.07 Å². The van der Waals surface area contributed by atoms with Gasteiger partial charge in [-0.1, -0.05) is 5.92 Å². The van der Waals surface area contributed by atoms with Crippen LogP contribution in [0.4, 0.5) is 0 Å². The van der Waals surface area contributed by atoms with Crippen molar-refractivity contribution in [2.45, 2.75) is 0 Å². The van der Waals surface area contributed by atoms with Crippen molar-refractivity contribution >= 4 is 6.29 Å². The van der Waals surface area contributed by atoms with Crippen LogP contribution >= 0.6 is 0 Å². The number of carbonyl (C=O) groups excluding carboxylic acids is 1. The summed E-state index contributed by atoms with van der Waals surface area (Å²) in [6.07, 6.45) is 5.53. The minimum atomic E-state index is 0.145. The first-order chi connectivity index (χ1) is 5.36. The van der Waals surface area contributed by atoms with E-state index in [0.717, 1.165) is 0 Å². The number of carbonyl (C=O) groups is 1. The molecule has 1 aromatic rings. The van der Waals surface area contributed by atoms with Crippen molar-refractivity contribution in [3.63, 3.8) is 0 Å². The van der Waals surface area contributed by atoms with Gasteiger partial charge in [-0.2, -0.15) is 0 Å². The standard InChI is InChI=1S/C8H6O3/c1-2-5-10-8-4-3-7(6-9)11-8/h1,3-4,6H,5H2. The predicted molar refractivity (Wildman–Crippen MR) is 38.4 cm³/mol. The summed E-state index contributed by atoms with van der Waals surface area (Å²) in [6.45, 7) is 0.145. The Bertz CT molecular complexity index is 280. The van der Waals surface area contributed by atoms with Crippen LogP contribution in [0.15, 0.2) is 16.5 Å². The van der Waals surface area contributed by atoms with Crippen LogP contribution in [0.1, 0.15) is 10.6 Å². The van der Waals surface area contributed by atoms with Crippen molar-refractivity contribution in [2.75, 3.05) is 6.61 Å². The molecule has 11 heavy (non-hydrogen) atoms. The van der Waals surface area contributed by atoms with Crippen LogP contribution in [0.5, 0.6) is 5.95 Å². The first kappa shape index (κ1) is 7.42. The van der Waals surface area contributed by atoms with Gasteiger partial charge in [-0.25, -0.2) is 0 Å². The Morgan fingerprint density at radius 2 is 2.55 bits per heavy atom. The second-order valence-electron chi connectivity index (χ2n) is 1.77. The van der Waals surface area contributed by atoms with E-state index in [1.807, 2.05) is 0 Å². The highest BCUT2D eigenvalue weighted by Gasteiger charge is 1.99. The largest absolute Gasteiger partial charge is 0.452 e. The minimum absolute atomic E-state index is 0.145. The maximum absolute atomic E-state index is 10.1. The van der Waals surface area contributed by atoms with E-state index >= 15 is 0 Å². The smallest absolute Gasteiger partial charge is 0.285 e. The van der Waals surface area contributed by atoms with E-state index in [1.54, 1.807) is 6.07 Å². The highest BCUT2D eigenvalue weighted by molar-refractivity contribution is 5.70. The lowest BCUT2D eigenvalue weighted by atomic mass is 10.5. The molecule has 0 radical (unpaired) electrons. The van der Waals surface area contributed by atoms with Crippen molar-refractivity contribution in [1.29, 1.82) is 0 Å². The molecule has 0 amide bonds. The van der Waals surface area contributed by atoms with Gasteiger partial charge in [0.15, 0.2) is 18.7 Å². The molecular weight excluding hydrogens is 144 g/mol. The van der Waals surface area contributed by atoms with Gasteiger partial charge in [-0.15, -0.1) is 6.42 Å². The summed E-state index contributed by atoms with van der Waals surface area (Å²) in [7, 11) is 0. The van der Waals surface area contributed by atoms with E-state index < -0.39 is 0 Å². The molecular formula is C8H6O3. The lowest BCUT2D eigenvalue weighted by Crippen LogP contribution is -1.90. The van der Waals surface area contributed by atoms with Crippen LogP contribution in [0.2, 0.25) is 0 Å². The van der Waals surface area contributed by atoms with Crippen LogP contribution in [0, 0.1) is 12.3 Å². The molecule has 0 aliphatic heterocycles. The topological polar surface area (TPSA) is 39.4 Å². The molecule has 3 heteroatoms. The highest BCUT2D eigenvalue weighted by atomic mass is 16.6. The van der Waals surface area contributed by atoms with Gasteiger partial charge in [0.1, 0.15) is 0 Å². The van der Waals surface area contributed by atoms with Gasteiger partial charge in [0.2, 0.25) is 0 Å². The molecule has 0 spiro atoms. The fraction of sp³-hybridized carbons (Fsp3) is 0.125. The summed E-state index contributed by atoms with van der Waals surface area (Å²) in [6, 6.07) is 3.06. The van der Waals surface area contributed by atoms with Gasteiger partial charge in [0.25, 0.3) is 5.95 Å².